The van der Waals surface area contributed by atoms with Gasteiger partial charge < -0.3 is 14.8 Å². The first kappa shape index (κ1) is 20.2. The Hall–Kier alpha value is -3.15. The molecule has 2 aromatic carbocycles. The van der Waals surface area contributed by atoms with Gasteiger partial charge in [-0.1, -0.05) is 42.5 Å². The van der Waals surface area contributed by atoms with E-state index in [9.17, 15) is 14.4 Å². The minimum absolute atomic E-state index is 0.176. The van der Waals surface area contributed by atoms with Crippen molar-refractivity contribution in [1.82, 2.24) is 5.32 Å². The molecule has 0 aromatic heterocycles. The highest BCUT2D eigenvalue weighted by Gasteiger charge is 2.25. The molecule has 6 nitrogen and oxygen atoms in total. The second kappa shape index (κ2) is 8.98. The number of nitrogens with one attached hydrogen (secondary N) is 1. The number of alkyl carbamates (subject to hydrolysis) is 1. The molecule has 0 aliphatic carbocycles. The monoisotopic (exact) mass is 369 g/mol. The number of amides is 1. The van der Waals surface area contributed by atoms with Crippen LogP contribution in [0.15, 0.2) is 54.6 Å². The normalized spacial score (nSPS) is 10.8. The number of carbonyl (C=O) groups excluding carboxylic acids is 3. The molecular weight excluding hydrogens is 346 g/mol. The van der Waals surface area contributed by atoms with Crippen molar-refractivity contribution in [2.24, 2.45) is 5.41 Å². The Balaban J connectivity index is 1.81. The summed E-state index contributed by atoms with van der Waals surface area (Å²) >= 11 is 0. The smallest absolute Gasteiger partial charge is 0.415 e. The lowest BCUT2D eigenvalue weighted by molar-refractivity contribution is -0.146. The minimum atomic E-state index is -0.804. The van der Waals surface area contributed by atoms with Crippen molar-refractivity contribution in [2.45, 2.75) is 33.9 Å². The van der Waals surface area contributed by atoms with E-state index < -0.39 is 23.4 Å². The highest BCUT2D eigenvalue weighted by molar-refractivity contribution is 5.89. The van der Waals surface area contributed by atoms with Crippen LogP contribution >= 0.6 is 0 Å². The molecule has 0 unspecified atom stereocenters. The topological polar surface area (TPSA) is 81.7 Å². The van der Waals surface area contributed by atoms with Crippen LogP contribution in [0.1, 0.15) is 42.3 Å². The lowest BCUT2D eigenvalue weighted by Gasteiger charge is -2.15. The Morgan fingerprint density at radius 3 is 2.11 bits per heavy atom. The van der Waals surface area contributed by atoms with E-state index in [1.807, 2.05) is 30.3 Å². The number of ether oxygens (including phenoxy) is 2. The Labute approximate surface area is 158 Å². The maximum absolute atomic E-state index is 12.1. The Kier molecular flexibility index (Phi) is 6.71. The SMILES string of the molecule is CC(C)(C)C(=O)OC(=O)NCc1ccc(C(=O)OCc2ccccc2)cc1. The molecule has 1 amide bonds. The molecule has 0 aliphatic heterocycles. The van der Waals surface area contributed by atoms with Crippen molar-refractivity contribution in [2.75, 3.05) is 0 Å². The van der Waals surface area contributed by atoms with E-state index >= 15 is 0 Å². The maximum atomic E-state index is 12.1. The summed E-state index contributed by atoms with van der Waals surface area (Å²) in [4.78, 5) is 35.3. The van der Waals surface area contributed by atoms with Gasteiger partial charge in [-0.15, -0.1) is 0 Å². The third kappa shape index (κ3) is 6.58. The van der Waals surface area contributed by atoms with Crippen LogP contribution in [-0.4, -0.2) is 18.0 Å². The van der Waals surface area contributed by atoms with E-state index in [0.29, 0.717) is 5.56 Å². The average Bonchev–Trinajstić information content (AvgIpc) is 2.65. The minimum Gasteiger partial charge on any atom is -0.457 e. The van der Waals surface area contributed by atoms with Crippen LogP contribution in [0.3, 0.4) is 0 Å². The molecule has 0 atom stereocenters. The first-order valence-electron chi connectivity index (χ1n) is 8.56. The van der Waals surface area contributed by atoms with E-state index in [1.165, 1.54) is 0 Å². The molecule has 0 aliphatic rings. The first-order chi connectivity index (χ1) is 12.8. The number of hydrogen-bond acceptors (Lipinski definition) is 5. The molecule has 142 valence electrons. The van der Waals surface area contributed by atoms with Crippen LogP contribution in [0.5, 0.6) is 0 Å². The molecule has 0 heterocycles. The third-order valence-corrected chi connectivity index (χ3v) is 3.64. The van der Waals surface area contributed by atoms with Crippen molar-refractivity contribution in [3.63, 3.8) is 0 Å². The van der Waals surface area contributed by atoms with Crippen molar-refractivity contribution in [1.29, 1.82) is 0 Å². The summed E-state index contributed by atoms with van der Waals surface area (Å²) in [5.74, 6) is -1.02. The van der Waals surface area contributed by atoms with Crippen molar-refractivity contribution >= 4 is 18.0 Å². The molecule has 2 aromatic rings. The molecule has 27 heavy (non-hydrogen) atoms. The summed E-state index contributed by atoms with van der Waals surface area (Å²) in [5.41, 5.74) is 1.34. The number of carbonyl (C=O) groups is 3. The van der Waals surface area contributed by atoms with Crippen LogP contribution < -0.4 is 5.32 Å². The molecule has 2 rings (SSSR count). The maximum Gasteiger partial charge on any atom is 0.415 e. The van der Waals surface area contributed by atoms with Gasteiger partial charge in [0.25, 0.3) is 0 Å². The fourth-order valence-corrected chi connectivity index (χ4v) is 2.01. The van der Waals surface area contributed by atoms with Gasteiger partial charge in [-0.3, -0.25) is 4.79 Å². The van der Waals surface area contributed by atoms with Crippen LogP contribution in [-0.2, 0) is 27.4 Å². The highest BCUT2D eigenvalue weighted by Crippen LogP contribution is 2.15. The van der Waals surface area contributed by atoms with E-state index in [0.717, 1.165) is 11.1 Å². The van der Waals surface area contributed by atoms with Crippen molar-refractivity contribution < 1.29 is 23.9 Å². The van der Waals surface area contributed by atoms with Gasteiger partial charge in [-0.05, 0) is 44.0 Å². The molecule has 1 N–H and O–H groups in total. The molecule has 6 heteroatoms. The second-order valence-electron chi connectivity index (χ2n) is 7.04. The number of rotatable bonds is 5. The quantitative estimate of drug-likeness (QED) is 0.640. The second-order valence-corrected chi connectivity index (χ2v) is 7.04. The zero-order valence-corrected chi connectivity index (χ0v) is 15.7. The van der Waals surface area contributed by atoms with E-state index in [-0.39, 0.29) is 13.2 Å². The lowest BCUT2D eigenvalue weighted by Crippen LogP contribution is -2.32. The lowest BCUT2D eigenvalue weighted by atomic mass is 9.98. The summed E-state index contributed by atoms with van der Waals surface area (Å²) in [5, 5.41) is 2.50. The standard InChI is InChI=1S/C21H23NO5/c1-21(2,3)19(24)27-20(25)22-13-15-9-11-17(12-10-15)18(23)26-14-16-7-5-4-6-8-16/h4-12H,13-14H2,1-3H3,(H,22,25). The predicted molar refractivity (Wildman–Crippen MR) is 99.8 cm³/mol. The number of esters is 2. The Bertz CT molecular complexity index is 792. The van der Waals surface area contributed by atoms with Crippen LogP contribution in [0.25, 0.3) is 0 Å². The average molecular weight is 369 g/mol. The number of benzene rings is 2. The van der Waals surface area contributed by atoms with Gasteiger partial charge in [-0.2, -0.15) is 0 Å². The third-order valence-electron chi connectivity index (χ3n) is 3.64. The van der Waals surface area contributed by atoms with Crippen LogP contribution in [0.4, 0.5) is 4.79 Å². The van der Waals surface area contributed by atoms with Gasteiger partial charge in [-0.25, -0.2) is 9.59 Å². The zero-order valence-electron chi connectivity index (χ0n) is 15.7. The van der Waals surface area contributed by atoms with Gasteiger partial charge in [0.05, 0.1) is 11.0 Å². The predicted octanol–water partition coefficient (Wildman–Crippen LogP) is 3.84. The molecule has 0 bridgehead atoms. The molecule has 0 saturated carbocycles. The Morgan fingerprint density at radius 2 is 1.52 bits per heavy atom. The molecule has 0 saturated heterocycles. The van der Waals surface area contributed by atoms with E-state index in [2.05, 4.69) is 5.32 Å². The van der Waals surface area contributed by atoms with Crippen LogP contribution in [0.2, 0.25) is 0 Å². The summed E-state index contributed by atoms with van der Waals surface area (Å²) in [7, 11) is 0. The largest absolute Gasteiger partial charge is 0.457 e. The molecule has 0 radical (unpaired) electrons. The number of hydrogen-bond donors (Lipinski definition) is 1. The molecular formula is C21H23NO5. The highest BCUT2D eigenvalue weighted by atomic mass is 16.6. The molecule has 0 spiro atoms. The van der Waals surface area contributed by atoms with Gasteiger partial charge in [0.15, 0.2) is 0 Å². The summed E-state index contributed by atoms with van der Waals surface area (Å²) in [6.45, 7) is 5.38. The van der Waals surface area contributed by atoms with Crippen molar-refractivity contribution in [3.05, 3.63) is 71.3 Å². The summed E-state index contributed by atoms with van der Waals surface area (Å²) < 4.78 is 9.97. The van der Waals surface area contributed by atoms with Crippen molar-refractivity contribution in [3.8, 4) is 0 Å². The van der Waals surface area contributed by atoms with Gasteiger partial charge in [0.1, 0.15) is 6.61 Å². The zero-order chi connectivity index (χ0) is 19.9. The molecule has 0 fully saturated rings. The Morgan fingerprint density at radius 1 is 0.889 bits per heavy atom. The fraction of sp³-hybridized carbons (Fsp3) is 0.286. The van der Waals surface area contributed by atoms with Gasteiger partial charge >= 0.3 is 18.0 Å². The van der Waals surface area contributed by atoms with Gasteiger partial charge in [0.2, 0.25) is 0 Å². The van der Waals surface area contributed by atoms with E-state index in [4.69, 9.17) is 9.47 Å². The van der Waals surface area contributed by atoms with Crippen LogP contribution in [0, 0.1) is 5.41 Å². The van der Waals surface area contributed by atoms with Gasteiger partial charge in [0, 0.05) is 6.54 Å². The summed E-state index contributed by atoms with van der Waals surface area (Å²) in [6.07, 6.45) is -0.804. The fourth-order valence-electron chi connectivity index (χ4n) is 2.01. The van der Waals surface area contributed by atoms with E-state index in [1.54, 1.807) is 45.0 Å². The summed E-state index contributed by atoms with van der Waals surface area (Å²) in [6, 6.07) is 16.1. The first-order valence-corrected chi connectivity index (χ1v) is 8.56.